The quantitative estimate of drug-likeness (QED) is 0.444. The number of morpholine rings is 1. The molecule has 1 aliphatic heterocycles. The third-order valence-electron chi connectivity index (χ3n) is 4.79. The molecule has 2 aromatic heterocycles. The second kappa shape index (κ2) is 11.8. The number of hydrogen-bond acceptors (Lipinski definition) is 8. The van der Waals surface area contributed by atoms with Gasteiger partial charge in [0.15, 0.2) is 21.8 Å². The van der Waals surface area contributed by atoms with Crippen molar-refractivity contribution >= 4 is 41.4 Å². The number of benzene rings is 1. The Morgan fingerprint density at radius 1 is 1.36 bits per heavy atom. The summed E-state index contributed by atoms with van der Waals surface area (Å²) in [6, 6.07) is 3.93. The van der Waals surface area contributed by atoms with Crippen molar-refractivity contribution in [3.8, 4) is 11.5 Å². The van der Waals surface area contributed by atoms with Gasteiger partial charge in [-0.1, -0.05) is 17.8 Å². The fourth-order valence-electron chi connectivity index (χ4n) is 3.24. The maximum atomic E-state index is 13.4. The summed E-state index contributed by atoms with van der Waals surface area (Å²) in [4.78, 5) is 21.8. The molecule has 3 aromatic rings. The number of halogens is 3. The van der Waals surface area contributed by atoms with E-state index >= 15 is 0 Å². The number of aryl methyl sites for hydroxylation is 1. The summed E-state index contributed by atoms with van der Waals surface area (Å²) in [5.74, 6) is -0.235. The number of hydrogen-bond donors (Lipinski definition) is 2. The van der Waals surface area contributed by atoms with E-state index in [4.69, 9.17) is 4.74 Å². The van der Waals surface area contributed by atoms with Gasteiger partial charge in [-0.2, -0.15) is 0 Å². The first-order valence-corrected chi connectivity index (χ1v) is 11.9. The van der Waals surface area contributed by atoms with Crippen LogP contribution < -0.4 is 5.32 Å². The third-order valence-corrected chi connectivity index (χ3v) is 6.81. The molecule has 1 aromatic carbocycles. The Kier molecular flexibility index (Phi) is 9.15. The number of rotatable bonds is 8. The number of thioether (sulfide) groups is 1. The average molecular weight is 517 g/mol. The number of ether oxygens (including phenoxy) is 1. The number of aromatic nitrogens is 4. The maximum absolute atomic E-state index is 13.4. The van der Waals surface area contributed by atoms with Crippen molar-refractivity contribution in [3.63, 3.8) is 0 Å². The van der Waals surface area contributed by atoms with Crippen LogP contribution in [0.15, 0.2) is 27.9 Å². The van der Waals surface area contributed by atoms with E-state index in [1.165, 1.54) is 29.2 Å². The lowest BCUT2D eigenvalue weighted by atomic mass is 10.1. The summed E-state index contributed by atoms with van der Waals surface area (Å²) in [6.07, 6.45) is -0.163. The predicted octanol–water partition coefficient (Wildman–Crippen LogP) is 3.05. The largest absolute Gasteiger partial charge is 0.374 e. The van der Waals surface area contributed by atoms with Gasteiger partial charge in [0.2, 0.25) is 5.91 Å². The number of nitrogens with one attached hydrogen (secondary N) is 2. The molecule has 178 valence electrons. The standard InChI is InChI=1S/C20H22F2N6O2S2.ClH/c1-12-24-19(27-26-12)17-10-31-20(25-17)32-11-18(29)23-7-14-9-28(4-5-30-14)8-13-2-3-15(21)16(22)6-13;/h2-3,6,10,14H,4-5,7-9,11H2,1H3,(H,23,29)(H,24,26,27);1H. The minimum atomic E-state index is -0.851. The van der Waals surface area contributed by atoms with Crippen LogP contribution in [-0.4, -0.2) is 69.1 Å². The van der Waals surface area contributed by atoms with Crippen LogP contribution >= 0.6 is 35.5 Å². The van der Waals surface area contributed by atoms with Crippen LogP contribution in [-0.2, 0) is 16.1 Å². The molecule has 33 heavy (non-hydrogen) atoms. The Balaban J connectivity index is 0.00000306. The van der Waals surface area contributed by atoms with Gasteiger partial charge in [0.25, 0.3) is 0 Å². The van der Waals surface area contributed by atoms with E-state index in [0.717, 1.165) is 16.2 Å². The van der Waals surface area contributed by atoms with Gasteiger partial charge in [0.1, 0.15) is 11.5 Å². The normalized spacial score (nSPS) is 16.4. The monoisotopic (exact) mass is 516 g/mol. The average Bonchev–Trinajstić information content (AvgIpc) is 3.42. The van der Waals surface area contributed by atoms with Crippen molar-refractivity contribution in [1.29, 1.82) is 0 Å². The van der Waals surface area contributed by atoms with E-state index in [0.29, 0.717) is 49.9 Å². The number of thiazole rings is 1. The fraction of sp³-hybridized carbons (Fsp3) is 0.400. The van der Waals surface area contributed by atoms with Crippen LogP contribution in [0.3, 0.4) is 0 Å². The molecule has 0 aliphatic carbocycles. The van der Waals surface area contributed by atoms with E-state index in [1.807, 2.05) is 12.3 Å². The van der Waals surface area contributed by atoms with E-state index in [1.54, 1.807) is 6.07 Å². The number of H-pyrrole nitrogens is 1. The van der Waals surface area contributed by atoms with Crippen molar-refractivity contribution in [2.75, 3.05) is 32.0 Å². The van der Waals surface area contributed by atoms with Gasteiger partial charge in [-0.3, -0.25) is 9.69 Å². The lowest BCUT2D eigenvalue weighted by Crippen LogP contribution is -2.47. The van der Waals surface area contributed by atoms with Crippen LogP contribution in [0.5, 0.6) is 0 Å². The highest BCUT2D eigenvalue weighted by Crippen LogP contribution is 2.26. The van der Waals surface area contributed by atoms with Crippen molar-refractivity contribution in [3.05, 3.63) is 46.6 Å². The molecule has 0 bridgehead atoms. The molecular weight excluding hydrogens is 494 g/mol. The maximum Gasteiger partial charge on any atom is 0.230 e. The Morgan fingerprint density at radius 2 is 2.21 bits per heavy atom. The van der Waals surface area contributed by atoms with Crippen molar-refractivity contribution < 1.29 is 18.3 Å². The summed E-state index contributed by atoms with van der Waals surface area (Å²) in [7, 11) is 0. The Labute approximate surface area is 203 Å². The summed E-state index contributed by atoms with van der Waals surface area (Å²) in [5, 5.41) is 12.7. The minimum Gasteiger partial charge on any atom is -0.374 e. The molecule has 1 fully saturated rings. The van der Waals surface area contributed by atoms with Crippen LogP contribution in [0.1, 0.15) is 11.4 Å². The molecule has 2 N–H and O–H groups in total. The molecule has 1 unspecified atom stereocenters. The second-order valence-electron chi connectivity index (χ2n) is 7.33. The number of carbonyl (C=O) groups is 1. The number of carbonyl (C=O) groups excluding carboxylic acids is 1. The molecule has 4 rings (SSSR count). The smallest absolute Gasteiger partial charge is 0.230 e. The Hall–Kier alpha value is -2.12. The van der Waals surface area contributed by atoms with Crippen LogP contribution in [0.25, 0.3) is 11.5 Å². The third kappa shape index (κ3) is 7.18. The minimum absolute atomic E-state index is 0. The summed E-state index contributed by atoms with van der Waals surface area (Å²) in [6.45, 7) is 4.50. The van der Waals surface area contributed by atoms with Gasteiger partial charge in [-0.05, 0) is 24.6 Å². The lowest BCUT2D eigenvalue weighted by Gasteiger charge is -2.33. The second-order valence-corrected chi connectivity index (χ2v) is 9.41. The van der Waals surface area contributed by atoms with Crippen LogP contribution in [0, 0.1) is 18.6 Å². The number of amides is 1. The Morgan fingerprint density at radius 3 is 2.97 bits per heavy atom. The predicted molar refractivity (Wildman–Crippen MR) is 125 cm³/mol. The van der Waals surface area contributed by atoms with Gasteiger partial charge in [0.05, 0.1) is 18.5 Å². The molecule has 3 heterocycles. The molecule has 0 saturated carbocycles. The highest BCUT2D eigenvalue weighted by Gasteiger charge is 2.21. The molecule has 0 radical (unpaired) electrons. The molecule has 1 amide bonds. The molecule has 8 nitrogen and oxygen atoms in total. The van der Waals surface area contributed by atoms with Gasteiger partial charge in [0, 0.05) is 31.6 Å². The van der Waals surface area contributed by atoms with Crippen molar-refractivity contribution in [2.45, 2.75) is 23.9 Å². The number of aromatic amines is 1. The molecule has 1 saturated heterocycles. The highest BCUT2D eigenvalue weighted by atomic mass is 35.5. The highest BCUT2D eigenvalue weighted by molar-refractivity contribution is 8.01. The first kappa shape index (κ1) is 25.5. The van der Waals surface area contributed by atoms with Gasteiger partial charge >= 0.3 is 0 Å². The van der Waals surface area contributed by atoms with Gasteiger partial charge in [-0.25, -0.2) is 13.8 Å². The summed E-state index contributed by atoms with van der Waals surface area (Å²) < 4.78 is 33.0. The van der Waals surface area contributed by atoms with Crippen molar-refractivity contribution in [2.24, 2.45) is 0 Å². The topological polar surface area (TPSA) is 96.0 Å². The Bertz CT molecular complexity index is 1080. The van der Waals surface area contributed by atoms with E-state index < -0.39 is 11.6 Å². The van der Waals surface area contributed by atoms with Crippen LogP contribution in [0.2, 0.25) is 0 Å². The van der Waals surface area contributed by atoms with E-state index in [-0.39, 0.29) is 30.2 Å². The SMILES string of the molecule is Cc1nnc(-c2csc(SCC(=O)NCC3CN(Cc4ccc(F)c(F)c4)CCO3)n2)[nH]1.Cl. The van der Waals surface area contributed by atoms with Crippen LogP contribution in [0.4, 0.5) is 8.78 Å². The molecular formula is C20H23ClF2N6O2S2. The van der Waals surface area contributed by atoms with Crippen molar-refractivity contribution in [1.82, 2.24) is 30.4 Å². The molecule has 1 atom stereocenters. The molecule has 0 spiro atoms. The van der Waals surface area contributed by atoms with E-state index in [2.05, 4.69) is 30.4 Å². The lowest BCUT2D eigenvalue weighted by molar-refractivity contribution is -0.119. The summed E-state index contributed by atoms with van der Waals surface area (Å²) in [5.41, 5.74) is 1.41. The fourth-order valence-corrected chi connectivity index (χ4v) is 4.88. The summed E-state index contributed by atoms with van der Waals surface area (Å²) >= 11 is 2.81. The zero-order chi connectivity index (χ0) is 22.5. The zero-order valence-electron chi connectivity index (χ0n) is 17.7. The first-order chi connectivity index (χ1) is 15.5. The first-order valence-electron chi connectivity index (χ1n) is 9.99. The van der Waals surface area contributed by atoms with Gasteiger partial charge in [-0.15, -0.1) is 33.9 Å². The van der Waals surface area contributed by atoms with E-state index in [9.17, 15) is 13.6 Å². The zero-order valence-corrected chi connectivity index (χ0v) is 20.2. The van der Waals surface area contributed by atoms with Gasteiger partial charge < -0.3 is 15.0 Å². The number of nitrogens with zero attached hydrogens (tertiary/aromatic N) is 4. The molecule has 1 aliphatic rings. The molecule has 13 heteroatoms.